The van der Waals surface area contributed by atoms with Crippen LogP contribution in [0.3, 0.4) is 0 Å². The maximum atomic E-state index is 12.1. The van der Waals surface area contributed by atoms with Gasteiger partial charge in [0.15, 0.2) is 0 Å². The van der Waals surface area contributed by atoms with Crippen molar-refractivity contribution in [2.75, 3.05) is 11.4 Å². The predicted octanol–water partition coefficient (Wildman–Crippen LogP) is 3.23. The number of pyridine rings is 1. The third-order valence-electron chi connectivity index (χ3n) is 4.67. The number of amides is 1. The molecule has 0 radical (unpaired) electrons. The van der Waals surface area contributed by atoms with Gasteiger partial charge in [0.25, 0.3) is 5.91 Å². The quantitative estimate of drug-likeness (QED) is 0.925. The molecule has 1 fully saturated rings. The standard InChI is InChI=1S/C17H27N3O/c1-5-13(3)19-17(21)15-8-9-16(18-11-15)20-10-6-7-12(2)14(20)4/h8-9,11-14H,5-7,10H2,1-4H3,(H,19,21)/t12?,13-,14?/m0/s1. The second kappa shape index (κ2) is 6.92. The van der Waals surface area contributed by atoms with Crippen LogP contribution in [0, 0.1) is 5.92 Å². The minimum Gasteiger partial charge on any atom is -0.354 e. The zero-order valence-electron chi connectivity index (χ0n) is 13.6. The molecule has 0 saturated carbocycles. The van der Waals surface area contributed by atoms with Crippen molar-refractivity contribution >= 4 is 11.7 Å². The van der Waals surface area contributed by atoms with Gasteiger partial charge in [0.2, 0.25) is 0 Å². The van der Waals surface area contributed by atoms with Gasteiger partial charge in [-0.2, -0.15) is 0 Å². The van der Waals surface area contributed by atoms with Gasteiger partial charge in [0, 0.05) is 24.8 Å². The van der Waals surface area contributed by atoms with Crippen molar-refractivity contribution in [3.8, 4) is 0 Å². The van der Waals surface area contributed by atoms with Crippen molar-refractivity contribution in [2.45, 2.75) is 59.0 Å². The number of nitrogens with zero attached hydrogens (tertiary/aromatic N) is 2. The molecule has 1 aliphatic heterocycles. The Balaban J connectivity index is 2.06. The molecular weight excluding hydrogens is 262 g/mol. The van der Waals surface area contributed by atoms with Crippen molar-refractivity contribution in [1.82, 2.24) is 10.3 Å². The molecule has 1 amide bonds. The van der Waals surface area contributed by atoms with Crippen LogP contribution in [0.25, 0.3) is 0 Å². The first-order valence-electron chi connectivity index (χ1n) is 8.06. The number of hydrogen-bond donors (Lipinski definition) is 1. The van der Waals surface area contributed by atoms with E-state index in [4.69, 9.17) is 0 Å². The molecule has 2 rings (SSSR count). The van der Waals surface area contributed by atoms with Crippen LogP contribution in [0.2, 0.25) is 0 Å². The van der Waals surface area contributed by atoms with E-state index in [2.05, 4.69) is 36.0 Å². The van der Waals surface area contributed by atoms with Crippen LogP contribution in [-0.2, 0) is 0 Å². The largest absolute Gasteiger partial charge is 0.354 e. The fourth-order valence-corrected chi connectivity index (χ4v) is 2.76. The van der Waals surface area contributed by atoms with Gasteiger partial charge in [-0.1, -0.05) is 13.8 Å². The zero-order valence-corrected chi connectivity index (χ0v) is 13.6. The van der Waals surface area contributed by atoms with Gasteiger partial charge in [0.1, 0.15) is 5.82 Å². The number of anilines is 1. The van der Waals surface area contributed by atoms with Crippen LogP contribution in [-0.4, -0.2) is 29.5 Å². The Morgan fingerprint density at radius 2 is 2.24 bits per heavy atom. The average molecular weight is 289 g/mol. The normalized spacial score (nSPS) is 23.7. The Kier molecular flexibility index (Phi) is 5.21. The van der Waals surface area contributed by atoms with Gasteiger partial charge in [-0.05, 0) is 51.2 Å². The molecule has 0 aromatic carbocycles. The van der Waals surface area contributed by atoms with Gasteiger partial charge in [0.05, 0.1) is 5.56 Å². The monoisotopic (exact) mass is 289 g/mol. The summed E-state index contributed by atoms with van der Waals surface area (Å²) in [6, 6.07) is 4.55. The Morgan fingerprint density at radius 3 is 2.86 bits per heavy atom. The second-order valence-corrected chi connectivity index (χ2v) is 6.24. The van der Waals surface area contributed by atoms with E-state index in [9.17, 15) is 4.79 Å². The van der Waals surface area contributed by atoms with Crippen LogP contribution in [0.5, 0.6) is 0 Å². The lowest BCUT2D eigenvalue weighted by Gasteiger charge is -2.38. The van der Waals surface area contributed by atoms with E-state index < -0.39 is 0 Å². The summed E-state index contributed by atoms with van der Waals surface area (Å²) in [5.41, 5.74) is 0.636. The number of nitrogens with one attached hydrogen (secondary N) is 1. The molecule has 0 bridgehead atoms. The molecule has 116 valence electrons. The van der Waals surface area contributed by atoms with Crippen molar-refractivity contribution in [1.29, 1.82) is 0 Å². The van der Waals surface area contributed by atoms with Crippen LogP contribution in [0.4, 0.5) is 5.82 Å². The van der Waals surface area contributed by atoms with Crippen LogP contribution in [0.15, 0.2) is 18.3 Å². The summed E-state index contributed by atoms with van der Waals surface area (Å²) >= 11 is 0. The third kappa shape index (κ3) is 3.74. The number of carbonyl (C=O) groups excluding carboxylic acids is 1. The average Bonchev–Trinajstić information content (AvgIpc) is 2.50. The number of carbonyl (C=O) groups is 1. The molecule has 1 aromatic heterocycles. The predicted molar refractivity (Wildman–Crippen MR) is 86.7 cm³/mol. The molecule has 4 heteroatoms. The number of rotatable bonds is 4. The molecule has 0 spiro atoms. The SMILES string of the molecule is CC[C@H](C)NC(=O)c1ccc(N2CCCC(C)C2C)nc1. The summed E-state index contributed by atoms with van der Waals surface area (Å²) < 4.78 is 0. The summed E-state index contributed by atoms with van der Waals surface area (Å²) in [7, 11) is 0. The first kappa shape index (κ1) is 15.8. The summed E-state index contributed by atoms with van der Waals surface area (Å²) in [5, 5.41) is 2.97. The first-order valence-corrected chi connectivity index (χ1v) is 8.06. The van der Waals surface area contributed by atoms with E-state index in [0.29, 0.717) is 17.5 Å². The van der Waals surface area contributed by atoms with E-state index in [-0.39, 0.29) is 11.9 Å². The lowest BCUT2D eigenvalue weighted by Crippen LogP contribution is -2.43. The Bertz CT molecular complexity index is 471. The fourth-order valence-electron chi connectivity index (χ4n) is 2.76. The highest BCUT2D eigenvalue weighted by molar-refractivity contribution is 5.94. The van der Waals surface area contributed by atoms with Gasteiger partial charge >= 0.3 is 0 Å². The lowest BCUT2D eigenvalue weighted by molar-refractivity contribution is 0.0939. The molecule has 1 aromatic rings. The zero-order chi connectivity index (χ0) is 15.4. The molecule has 1 aliphatic rings. The molecule has 1 N–H and O–H groups in total. The molecule has 2 unspecified atom stereocenters. The lowest BCUT2D eigenvalue weighted by atomic mass is 9.92. The second-order valence-electron chi connectivity index (χ2n) is 6.24. The van der Waals surface area contributed by atoms with Crippen LogP contribution >= 0.6 is 0 Å². The van der Waals surface area contributed by atoms with Crippen molar-refractivity contribution in [3.05, 3.63) is 23.9 Å². The van der Waals surface area contributed by atoms with E-state index >= 15 is 0 Å². The minimum atomic E-state index is -0.0385. The topological polar surface area (TPSA) is 45.2 Å². The van der Waals surface area contributed by atoms with Crippen molar-refractivity contribution < 1.29 is 4.79 Å². The van der Waals surface area contributed by atoms with Crippen molar-refractivity contribution in [3.63, 3.8) is 0 Å². The van der Waals surface area contributed by atoms with Gasteiger partial charge in [-0.15, -0.1) is 0 Å². The van der Waals surface area contributed by atoms with Gasteiger partial charge in [-0.25, -0.2) is 4.98 Å². The molecule has 3 atom stereocenters. The number of piperidine rings is 1. The Morgan fingerprint density at radius 1 is 1.48 bits per heavy atom. The maximum absolute atomic E-state index is 12.1. The molecule has 4 nitrogen and oxygen atoms in total. The number of hydrogen-bond acceptors (Lipinski definition) is 3. The third-order valence-corrected chi connectivity index (χ3v) is 4.67. The minimum absolute atomic E-state index is 0.0385. The summed E-state index contributed by atoms with van der Waals surface area (Å²) in [4.78, 5) is 18.9. The highest BCUT2D eigenvalue weighted by atomic mass is 16.1. The van der Waals surface area contributed by atoms with Crippen molar-refractivity contribution in [2.24, 2.45) is 5.92 Å². The fraction of sp³-hybridized carbons (Fsp3) is 0.647. The van der Waals surface area contributed by atoms with Crippen LogP contribution < -0.4 is 10.2 Å². The molecule has 21 heavy (non-hydrogen) atoms. The summed E-state index contributed by atoms with van der Waals surface area (Å²) in [6.07, 6.45) is 5.12. The van der Waals surface area contributed by atoms with E-state index in [0.717, 1.165) is 18.8 Å². The Labute approximate surface area is 127 Å². The molecule has 1 saturated heterocycles. The van der Waals surface area contributed by atoms with E-state index in [1.165, 1.54) is 12.8 Å². The van der Waals surface area contributed by atoms with Gasteiger partial charge < -0.3 is 10.2 Å². The molecule has 2 heterocycles. The summed E-state index contributed by atoms with van der Waals surface area (Å²) in [5.74, 6) is 1.63. The maximum Gasteiger partial charge on any atom is 0.253 e. The van der Waals surface area contributed by atoms with Gasteiger partial charge in [-0.3, -0.25) is 4.79 Å². The first-order chi connectivity index (χ1) is 10.0. The van der Waals surface area contributed by atoms with E-state index in [1.54, 1.807) is 6.20 Å². The van der Waals surface area contributed by atoms with Crippen LogP contribution in [0.1, 0.15) is 57.3 Å². The highest BCUT2D eigenvalue weighted by Crippen LogP contribution is 2.27. The smallest absolute Gasteiger partial charge is 0.253 e. The summed E-state index contributed by atoms with van der Waals surface area (Å²) in [6.45, 7) is 9.68. The molecule has 0 aliphatic carbocycles. The van der Waals surface area contributed by atoms with E-state index in [1.807, 2.05) is 19.1 Å². The molecular formula is C17H27N3O. The number of aromatic nitrogens is 1. The highest BCUT2D eigenvalue weighted by Gasteiger charge is 2.25. The Hall–Kier alpha value is -1.58.